The summed E-state index contributed by atoms with van der Waals surface area (Å²) in [4.78, 5) is 24.1. The molecule has 1 amide bonds. The standard InChI is InChI=1S/C16H10BrNO3/c17-12-6-2-3-7-13(12)18-15(19)11-9-10-5-1-4-8-14(10)21-16(11)20/h1-9H,(H,18,19). The summed E-state index contributed by atoms with van der Waals surface area (Å²) in [6, 6.07) is 15.8. The van der Waals surface area contributed by atoms with Crippen molar-refractivity contribution >= 4 is 38.5 Å². The normalized spacial score (nSPS) is 10.5. The van der Waals surface area contributed by atoms with Crippen LogP contribution in [0.1, 0.15) is 10.4 Å². The number of hydrogen-bond donors (Lipinski definition) is 1. The minimum absolute atomic E-state index is 0.0237. The number of halogens is 1. The fourth-order valence-electron chi connectivity index (χ4n) is 1.97. The van der Waals surface area contributed by atoms with Gasteiger partial charge in [0.15, 0.2) is 0 Å². The van der Waals surface area contributed by atoms with Gasteiger partial charge in [0.25, 0.3) is 5.91 Å². The molecule has 0 saturated carbocycles. The highest BCUT2D eigenvalue weighted by atomic mass is 79.9. The Bertz CT molecular complexity index is 886. The van der Waals surface area contributed by atoms with Crippen LogP contribution in [0.3, 0.4) is 0 Å². The maximum Gasteiger partial charge on any atom is 0.349 e. The number of hydrogen-bond acceptors (Lipinski definition) is 3. The predicted octanol–water partition coefficient (Wildman–Crippen LogP) is 3.81. The highest BCUT2D eigenvalue weighted by Gasteiger charge is 2.14. The van der Waals surface area contributed by atoms with Crippen LogP contribution in [0.4, 0.5) is 5.69 Å². The summed E-state index contributed by atoms with van der Waals surface area (Å²) < 4.78 is 5.89. The van der Waals surface area contributed by atoms with Crippen molar-refractivity contribution in [2.24, 2.45) is 0 Å². The van der Waals surface area contributed by atoms with Crippen molar-refractivity contribution < 1.29 is 9.21 Å². The largest absolute Gasteiger partial charge is 0.422 e. The molecule has 0 bridgehead atoms. The number of carbonyl (C=O) groups excluding carboxylic acids is 1. The topological polar surface area (TPSA) is 59.3 Å². The van der Waals surface area contributed by atoms with Crippen molar-refractivity contribution in [2.45, 2.75) is 0 Å². The first kappa shape index (κ1) is 13.6. The lowest BCUT2D eigenvalue weighted by atomic mass is 10.1. The number of anilines is 1. The minimum Gasteiger partial charge on any atom is -0.422 e. The van der Waals surface area contributed by atoms with Gasteiger partial charge in [-0.05, 0) is 40.2 Å². The average Bonchev–Trinajstić information content (AvgIpc) is 2.49. The molecule has 4 nitrogen and oxygen atoms in total. The van der Waals surface area contributed by atoms with E-state index in [-0.39, 0.29) is 5.56 Å². The molecule has 0 unspecified atom stereocenters. The molecule has 3 aromatic rings. The number of rotatable bonds is 2. The number of para-hydroxylation sites is 2. The van der Waals surface area contributed by atoms with Crippen molar-refractivity contribution in [3.05, 3.63) is 75.1 Å². The maximum atomic E-state index is 12.2. The lowest BCUT2D eigenvalue weighted by Gasteiger charge is -2.06. The van der Waals surface area contributed by atoms with Crippen LogP contribution in [-0.4, -0.2) is 5.91 Å². The maximum absolute atomic E-state index is 12.2. The van der Waals surface area contributed by atoms with E-state index in [1.807, 2.05) is 12.1 Å². The van der Waals surface area contributed by atoms with E-state index in [1.165, 1.54) is 6.07 Å². The van der Waals surface area contributed by atoms with Gasteiger partial charge in [-0.2, -0.15) is 0 Å². The Morgan fingerprint density at radius 3 is 2.57 bits per heavy atom. The van der Waals surface area contributed by atoms with E-state index in [4.69, 9.17) is 4.42 Å². The summed E-state index contributed by atoms with van der Waals surface area (Å²) in [5.41, 5.74) is 0.373. The molecule has 2 aromatic carbocycles. The lowest BCUT2D eigenvalue weighted by Crippen LogP contribution is -2.20. The van der Waals surface area contributed by atoms with Crippen molar-refractivity contribution in [1.82, 2.24) is 0 Å². The van der Waals surface area contributed by atoms with Gasteiger partial charge >= 0.3 is 5.63 Å². The Morgan fingerprint density at radius 2 is 1.76 bits per heavy atom. The third kappa shape index (κ3) is 2.73. The molecule has 5 heteroatoms. The van der Waals surface area contributed by atoms with Gasteiger partial charge in [-0.25, -0.2) is 4.79 Å². The average molecular weight is 344 g/mol. The summed E-state index contributed by atoms with van der Waals surface area (Å²) in [6.45, 7) is 0. The van der Waals surface area contributed by atoms with Gasteiger partial charge in [0.05, 0.1) is 5.69 Å². The zero-order valence-electron chi connectivity index (χ0n) is 10.8. The van der Waals surface area contributed by atoms with Crippen molar-refractivity contribution in [3.8, 4) is 0 Å². The molecule has 1 aromatic heterocycles. The monoisotopic (exact) mass is 343 g/mol. The SMILES string of the molecule is O=C(Nc1ccccc1Br)c1cc2ccccc2oc1=O. The zero-order valence-corrected chi connectivity index (χ0v) is 12.4. The molecule has 0 spiro atoms. The first-order valence-corrected chi connectivity index (χ1v) is 7.03. The molecule has 0 fully saturated rings. The Hall–Kier alpha value is -2.40. The molecule has 0 radical (unpaired) electrons. The number of benzene rings is 2. The van der Waals surface area contributed by atoms with Gasteiger partial charge in [0.1, 0.15) is 11.1 Å². The molecule has 104 valence electrons. The second-order valence-corrected chi connectivity index (χ2v) is 5.27. The molecule has 0 aliphatic carbocycles. The highest BCUT2D eigenvalue weighted by Crippen LogP contribution is 2.22. The Kier molecular flexibility index (Phi) is 3.58. The van der Waals surface area contributed by atoms with Gasteiger partial charge in [0.2, 0.25) is 0 Å². The van der Waals surface area contributed by atoms with Gasteiger partial charge in [0, 0.05) is 9.86 Å². The van der Waals surface area contributed by atoms with Crippen LogP contribution in [0.5, 0.6) is 0 Å². The van der Waals surface area contributed by atoms with Crippen LogP contribution in [0, 0.1) is 0 Å². The minimum atomic E-state index is -0.654. The Morgan fingerprint density at radius 1 is 1.05 bits per heavy atom. The summed E-state index contributed by atoms with van der Waals surface area (Å²) in [5, 5.41) is 3.39. The molecule has 21 heavy (non-hydrogen) atoms. The molecular formula is C16H10BrNO3. The van der Waals surface area contributed by atoms with E-state index in [0.717, 1.165) is 4.47 Å². The quantitative estimate of drug-likeness (QED) is 0.719. The van der Waals surface area contributed by atoms with Crippen LogP contribution in [-0.2, 0) is 0 Å². The second kappa shape index (κ2) is 5.54. The highest BCUT2D eigenvalue weighted by molar-refractivity contribution is 9.10. The fraction of sp³-hybridized carbons (Fsp3) is 0. The number of fused-ring (bicyclic) bond motifs is 1. The fourth-order valence-corrected chi connectivity index (χ4v) is 2.36. The molecule has 3 rings (SSSR count). The second-order valence-electron chi connectivity index (χ2n) is 4.42. The molecule has 0 aliphatic rings. The van der Waals surface area contributed by atoms with E-state index in [1.54, 1.807) is 36.4 Å². The van der Waals surface area contributed by atoms with E-state index in [2.05, 4.69) is 21.2 Å². The molecule has 0 saturated heterocycles. The molecular weight excluding hydrogens is 334 g/mol. The summed E-state index contributed by atoms with van der Waals surface area (Å²) in [5.74, 6) is -0.499. The van der Waals surface area contributed by atoms with Gasteiger partial charge < -0.3 is 9.73 Å². The molecule has 0 atom stereocenters. The van der Waals surface area contributed by atoms with E-state index < -0.39 is 11.5 Å². The summed E-state index contributed by atoms with van der Waals surface area (Å²) in [6.07, 6.45) is 0. The predicted molar refractivity (Wildman–Crippen MR) is 84.6 cm³/mol. The zero-order chi connectivity index (χ0) is 14.8. The Balaban J connectivity index is 2.00. The van der Waals surface area contributed by atoms with E-state index >= 15 is 0 Å². The third-order valence-corrected chi connectivity index (χ3v) is 3.70. The van der Waals surface area contributed by atoms with Crippen LogP contribution < -0.4 is 10.9 Å². The van der Waals surface area contributed by atoms with Crippen LogP contribution in [0.2, 0.25) is 0 Å². The van der Waals surface area contributed by atoms with Crippen LogP contribution >= 0.6 is 15.9 Å². The lowest BCUT2D eigenvalue weighted by molar-refractivity contribution is 0.102. The molecule has 0 aliphatic heterocycles. The van der Waals surface area contributed by atoms with Gasteiger partial charge in [-0.1, -0.05) is 30.3 Å². The smallest absolute Gasteiger partial charge is 0.349 e. The Labute approximate surface area is 128 Å². The van der Waals surface area contributed by atoms with Crippen molar-refractivity contribution in [3.63, 3.8) is 0 Å². The number of nitrogens with one attached hydrogen (secondary N) is 1. The van der Waals surface area contributed by atoms with E-state index in [0.29, 0.717) is 16.7 Å². The van der Waals surface area contributed by atoms with Crippen molar-refractivity contribution in [2.75, 3.05) is 5.32 Å². The first-order valence-electron chi connectivity index (χ1n) is 6.24. The van der Waals surface area contributed by atoms with Gasteiger partial charge in [-0.15, -0.1) is 0 Å². The van der Waals surface area contributed by atoms with Crippen LogP contribution in [0.25, 0.3) is 11.0 Å². The number of carbonyl (C=O) groups is 1. The summed E-state index contributed by atoms with van der Waals surface area (Å²) in [7, 11) is 0. The number of amides is 1. The van der Waals surface area contributed by atoms with Gasteiger partial charge in [-0.3, -0.25) is 4.79 Å². The van der Waals surface area contributed by atoms with E-state index in [9.17, 15) is 9.59 Å². The van der Waals surface area contributed by atoms with Crippen LogP contribution in [0.15, 0.2) is 68.3 Å². The third-order valence-electron chi connectivity index (χ3n) is 3.01. The first-order chi connectivity index (χ1) is 10.1. The molecule has 1 N–H and O–H groups in total. The summed E-state index contributed by atoms with van der Waals surface area (Å²) >= 11 is 3.34. The molecule has 1 heterocycles. The van der Waals surface area contributed by atoms with Crippen molar-refractivity contribution in [1.29, 1.82) is 0 Å².